The average molecular weight is 418 g/mol. The van der Waals surface area contributed by atoms with E-state index < -0.39 is 48.7 Å². The van der Waals surface area contributed by atoms with E-state index in [0.29, 0.717) is 12.0 Å². The number of hydrogen-bond acceptors (Lipinski definition) is 9. The SMILES string of the molecule is O=c1c(C2=CCC(O)C=C2)coc2c([C@@H]3OC(CO)[C@H](O)C(O)C3O)c(O)ccc12. The number of ether oxygens (including phenoxy) is 1. The second kappa shape index (κ2) is 7.95. The maximum absolute atomic E-state index is 13.1. The number of phenolic OH excluding ortho intramolecular Hbond substituents is 1. The minimum Gasteiger partial charge on any atom is -0.507 e. The molecule has 2 aromatic rings. The molecule has 0 saturated carbocycles. The van der Waals surface area contributed by atoms with Crippen LogP contribution in [0.5, 0.6) is 5.75 Å². The lowest BCUT2D eigenvalue weighted by Gasteiger charge is -2.40. The van der Waals surface area contributed by atoms with Gasteiger partial charge in [0.25, 0.3) is 0 Å². The number of benzene rings is 1. The number of fused-ring (bicyclic) bond motifs is 1. The second-order valence-corrected chi connectivity index (χ2v) is 7.42. The number of hydrogen-bond donors (Lipinski definition) is 6. The van der Waals surface area contributed by atoms with Crippen LogP contribution >= 0.6 is 0 Å². The molecule has 160 valence electrons. The van der Waals surface area contributed by atoms with Crippen molar-refractivity contribution in [2.24, 2.45) is 0 Å². The highest BCUT2D eigenvalue weighted by molar-refractivity contribution is 5.87. The van der Waals surface area contributed by atoms with Gasteiger partial charge >= 0.3 is 0 Å². The molecule has 6 N–H and O–H groups in total. The van der Waals surface area contributed by atoms with Gasteiger partial charge in [0.05, 0.1) is 29.2 Å². The second-order valence-electron chi connectivity index (χ2n) is 7.42. The van der Waals surface area contributed by atoms with Gasteiger partial charge in [0.15, 0.2) is 5.43 Å². The van der Waals surface area contributed by atoms with Crippen LogP contribution in [0, 0.1) is 0 Å². The van der Waals surface area contributed by atoms with Gasteiger partial charge in [-0.2, -0.15) is 0 Å². The van der Waals surface area contributed by atoms with Crippen LogP contribution in [0.1, 0.15) is 23.7 Å². The Bertz CT molecular complexity index is 1070. The molecule has 1 aromatic carbocycles. The first kappa shape index (κ1) is 20.7. The van der Waals surface area contributed by atoms with Gasteiger partial charge < -0.3 is 39.8 Å². The summed E-state index contributed by atoms with van der Waals surface area (Å²) in [6.07, 6.45) is -1.54. The van der Waals surface area contributed by atoms with Gasteiger partial charge in [-0.1, -0.05) is 18.2 Å². The van der Waals surface area contributed by atoms with Gasteiger partial charge in [-0.3, -0.25) is 4.79 Å². The average Bonchev–Trinajstić information content (AvgIpc) is 2.74. The monoisotopic (exact) mass is 418 g/mol. The number of aliphatic hydroxyl groups is 5. The predicted molar refractivity (Wildman–Crippen MR) is 105 cm³/mol. The number of aliphatic hydroxyl groups excluding tert-OH is 5. The van der Waals surface area contributed by atoms with Gasteiger partial charge in [-0.15, -0.1) is 0 Å². The molecular weight excluding hydrogens is 396 g/mol. The summed E-state index contributed by atoms with van der Waals surface area (Å²) in [5.74, 6) is -0.345. The van der Waals surface area contributed by atoms with E-state index in [1.165, 1.54) is 18.4 Å². The predicted octanol–water partition coefficient (Wildman–Crippen LogP) is -0.282. The molecule has 0 amide bonds. The Morgan fingerprint density at radius 1 is 1.07 bits per heavy atom. The van der Waals surface area contributed by atoms with Crippen molar-refractivity contribution in [1.82, 2.24) is 0 Å². The summed E-state index contributed by atoms with van der Waals surface area (Å²) >= 11 is 0. The lowest BCUT2D eigenvalue weighted by Crippen LogP contribution is -2.55. The Labute approximate surface area is 170 Å². The molecule has 4 unspecified atom stereocenters. The first-order valence-electron chi connectivity index (χ1n) is 9.48. The third-order valence-electron chi connectivity index (χ3n) is 5.52. The summed E-state index contributed by atoms with van der Waals surface area (Å²) in [5, 5.41) is 60.0. The molecule has 30 heavy (non-hydrogen) atoms. The summed E-state index contributed by atoms with van der Waals surface area (Å²) in [4.78, 5) is 13.1. The van der Waals surface area contributed by atoms with Crippen molar-refractivity contribution < 1.29 is 39.8 Å². The fourth-order valence-corrected chi connectivity index (χ4v) is 3.83. The van der Waals surface area contributed by atoms with Crippen molar-refractivity contribution in [1.29, 1.82) is 0 Å². The van der Waals surface area contributed by atoms with E-state index in [1.54, 1.807) is 18.2 Å². The van der Waals surface area contributed by atoms with Crippen LogP contribution in [0.25, 0.3) is 16.5 Å². The molecule has 1 aliphatic heterocycles. The lowest BCUT2D eigenvalue weighted by atomic mass is 9.89. The smallest absolute Gasteiger partial charge is 0.200 e. The quantitative estimate of drug-likeness (QED) is 0.394. The van der Waals surface area contributed by atoms with Gasteiger partial charge in [-0.25, -0.2) is 0 Å². The molecule has 2 heterocycles. The molecule has 1 saturated heterocycles. The van der Waals surface area contributed by atoms with Crippen LogP contribution in [0.3, 0.4) is 0 Å². The molecule has 1 aliphatic carbocycles. The van der Waals surface area contributed by atoms with E-state index in [4.69, 9.17) is 9.15 Å². The number of phenols is 1. The standard InChI is InChI=1S/C21H22O9/c22-7-14-17(26)18(27)19(28)21(30-14)15-13(24)6-5-11-16(25)12(8-29-20(11)15)9-1-3-10(23)4-2-9/h1-3,5-6,8,10,14,17-19,21-24,26-28H,4,7H2/t10?,14?,17-,18?,19?,21-/m0/s1. The summed E-state index contributed by atoms with van der Waals surface area (Å²) in [5.41, 5.74) is 0.328. The van der Waals surface area contributed by atoms with Crippen molar-refractivity contribution in [2.45, 2.75) is 43.0 Å². The number of rotatable bonds is 3. The van der Waals surface area contributed by atoms with Crippen molar-refractivity contribution in [3.8, 4) is 5.75 Å². The van der Waals surface area contributed by atoms with Crippen LogP contribution in [-0.4, -0.2) is 67.8 Å². The number of aromatic hydroxyl groups is 1. The molecule has 9 heteroatoms. The van der Waals surface area contributed by atoms with Gasteiger partial charge in [0, 0.05) is 0 Å². The Morgan fingerprint density at radius 2 is 1.83 bits per heavy atom. The molecule has 9 nitrogen and oxygen atoms in total. The van der Waals surface area contributed by atoms with Crippen LogP contribution in [-0.2, 0) is 4.74 Å². The maximum Gasteiger partial charge on any atom is 0.200 e. The summed E-state index contributed by atoms with van der Waals surface area (Å²) in [6.45, 7) is -0.632. The minimum absolute atomic E-state index is 0.0477. The first-order chi connectivity index (χ1) is 14.3. The highest BCUT2D eigenvalue weighted by atomic mass is 16.5. The van der Waals surface area contributed by atoms with Crippen molar-refractivity contribution in [3.05, 3.63) is 58.0 Å². The normalized spacial score (nSPS) is 31.7. The lowest BCUT2D eigenvalue weighted by molar-refractivity contribution is -0.231. The van der Waals surface area contributed by atoms with Crippen LogP contribution in [0.2, 0.25) is 0 Å². The van der Waals surface area contributed by atoms with Gasteiger partial charge in [-0.05, 0) is 24.1 Å². The van der Waals surface area contributed by atoms with Crippen LogP contribution in [0.4, 0.5) is 0 Å². The zero-order valence-corrected chi connectivity index (χ0v) is 15.8. The van der Waals surface area contributed by atoms with E-state index in [-0.39, 0.29) is 27.8 Å². The van der Waals surface area contributed by atoms with Crippen molar-refractivity contribution >= 4 is 16.5 Å². The Hall–Kier alpha value is -2.53. The van der Waals surface area contributed by atoms with E-state index in [2.05, 4.69) is 0 Å². The first-order valence-corrected chi connectivity index (χ1v) is 9.48. The summed E-state index contributed by atoms with van der Waals surface area (Å²) in [6, 6.07) is 2.62. The van der Waals surface area contributed by atoms with Crippen LogP contribution < -0.4 is 5.43 Å². The number of allylic oxidation sites excluding steroid dienone is 2. The molecule has 6 atom stereocenters. The fourth-order valence-electron chi connectivity index (χ4n) is 3.83. The highest BCUT2D eigenvalue weighted by Gasteiger charge is 2.45. The van der Waals surface area contributed by atoms with Crippen LogP contribution in [0.15, 0.2) is 45.8 Å². The topological polar surface area (TPSA) is 161 Å². The van der Waals surface area contributed by atoms with Crippen molar-refractivity contribution in [3.63, 3.8) is 0 Å². The van der Waals surface area contributed by atoms with E-state index in [1.807, 2.05) is 0 Å². The van der Waals surface area contributed by atoms with E-state index in [9.17, 15) is 35.4 Å². The fraction of sp³-hybridized carbons (Fsp3) is 0.381. The third-order valence-corrected chi connectivity index (χ3v) is 5.52. The Balaban J connectivity index is 1.84. The van der Waals surface area contributed by atoms with Crippen molar-refractivity contribution in [2.75, 3.05) is 6.61 Å². The molecule has 0 bridgehead atoms. The maximum atomic E-state index is 13.1. The Kier molecular flexibility index (Phi) is 5.49. The molecule has 4 rings (SSSR count). The van der Waals surface area contributed by atoms with Gasteiger partial charge in [0.1, 0.15) is 48.1 Å². The zero-order valence-electron chi connectivity index (χ0n) is 15.8. The van der Waals surface area contributed by atoms with E-state index >= 15 is 0 Å². The summed E-state index contributed by atoms with van der Waals surface area (Å²) in [7, 11) is 0. The zero-order chi connectivity index (χ0) is 21.6. The third kappa shape index (κ3) is 3.35. The molecule has 0 radical (unpaired) electrons. The molecular formula is C21H22O9. The minimum atomic E-state index is -1.65. The molecule has 1 aromatic heterocycles. The van der Waals surface area contributed by atoms with Gasteiger partial charge in [0.2, 0.25) is 0 Å². The molecule has 2 aliphatic rings. The summed E-state index contributed by atoms with van der Waals surface area (Å²) < 4.78 is 11.2. The van der Waals surface area contributed by atoms with E-state index in [0.717, 1.165) is 0 Å². The highest BCUT2D eigenvalue weighted by Crippen LogP contribution is 2.40. The Morgan fingerprint density at radius 3 is 2.50 bits per heavy atom. The molecule has 1 fully saturated rings. The largest absolute Gasteiger partial charge is 0.507 e. The molecule has 0 spiro atoms.